The zero-order chi connectivity index (χ0) is 13.7. The Hall–Kier alpha value is -0.860. The summed E-state index contributed by atoms with van der Waals surface area (Å²) in [6, 6.07) is 9.48. The summed E-state index contributed by atoms with van der Waals surface area (Å²) in [6.07, 6.45) is 3.87. The number of rotatable bonds is 6. The summed E-state index contributed by atoms with van der Waals surface area (Å²) in [5, 5.41) is 3.67. The molecular formula is C17H27NO. The second-order valence-electron chi connectivity index (χ2n) is 5.62. The molecule has 1 N–H and O–H groups in total. The van der Waals surface area contributed by atoms with Crippen molar-refractivity contribution in [1.82, 2.24) is 5.32 Å². The molecule has 0 radical (unpaired) electrons. The van der Waals surface area contributed by atoms with E-state index in [0.717, 1.165) is 26.0 Å². The Morgan fingerprint density at radius 1 is 1.26 bits per heavy atom. The van der Waals surface area contributed by atoms with Crippen molar-refractivity contribution < 1.29 is 4.74 Å². The molecule has 0 amide bonds. The summed E-state index contributed by atoms with van der Waals surface area (Å²) in [7, 11) is 0. The van der Waals surface area contributed by atoms with Gasteiger partial charge in [0.1, 0.15) is 0 Å². The number of hydrogen-bond acceptors (Lipinski definition) is 2. The van der Waals surface area contributed by atoms with Crippen LogP contribution in [0, 0.1) is 12.8 Å². The largest absolute Gasteiger partial charge is 0.378 e. The topological polar surface area (TPSA) is 21.3 Å². The van der Waals surface area contributed by atoms with Gasteiger partial charge in [-0.3, -0.25) is 0 Å². The highest BCUT2D eigenvalue weighted by atomic mass is 16.5. The molecule has 1 saturated heterocycles. The van der Waals surface area contributed by atoms with Gasteiger partial charge in [-0.25, -0.2) is 0 Å². The van der Waals surface area contributed by atoms with E-state index in [2.05, 4.69) is 50.4 Å². The van der Waals surface area contributed by atoms with Gasteiger partial charge in [-0.15, -0.1) is 0 Å². The van der Waals surface area contributed by atoms with Gasteiger partial charge in [0.25, 0.3) is 0 Å². The van der Waals surface area contributed by atoms with Crippen LogP contribution in [0.4, 0.5) is 0 Å². The summed E-state index contributed by atoms with van der Waals surface area (Å²) in [5.41, 5.74) is 2.76. The molecule has 0 bridgehead atoms. The summed E-state index contributed by atoms with van der Waals surface area (Å²) in [5.74, 6) is 0.659. The van der Waals surface area contributed by atoms with Gasteiger partial charge < -0.3 is 10.1 Å². The lowest BCUT2D eigenvalue weighted by atomic mass is 9.87. The van der Waals surface area contributed by atoms with Gasteiger partial charge in [-0.05, 0) is 38.3 Å². The van der Waals surface area contributed by atoms with Crippen LogP contribution in [0.3, 0.4) is 0 Å². The predicted molar refractivity (Wildman–Crippen MR) is 80.5 cm³/mol. The molecular weight excluding hydrogens is 234 g/mol. The molecule has 0 spiro atoms. The van der Waals surface area contributed by atoms with Gasteiger partial charge in [-0.2, -0.15) is 0 Å². The van der Waals surface area contributed by atoms with Crippen LogP contribution in [0.25, 0.3) is 0 Å². The van der Waals surface area contributed by atoms with E-state index in [0.29, 0.717) is 18.1 Å². The standard InChI is InChI=1S/C17H27NO/c1-4-17-15(10-11-19-17)16(18-5-2)12-14-8-6-13(3)7-9-14/h6-9,15-18H,4-5,10-12H2,1-3H3. The van der Waals surface area contributed by atoms with Crippen molar-refractivity contribution in [3.8, 4) is 0 Å². The number of nitrogens with one attached hydrogen (secondary N) is 1. The van der Waals surface area contributed by atoms with Crippen molar-refractivity contribution >= 4 is 0 Å². The van der Waals surface area contributed by atoms with Gasteiger partial charge in [0.2, 0.25) is 0 Å². The third-order valence-corrected chi connectivity index (χ3v) is 4.22. The smallest absolute Gasteiger partial charge is 0.0616 e. The molecule has 3 unspecified atom stereocenters. The molecule has 2 rings (SSSR count). The lowest BCUT2D eigenvalue weighted by Crippen LogP contribution is -2.41. The Bertz CT molecular complexity index is 373. The van der Waals surface area contributed by atoms with Gasteiger partial charge >= 0.3 is 0 Å². The van der Waals surface area contributed by atoms with Crippen LogP contribution in [0.2, 0.25) is 0 Å². The minimum Gasteiger partial charge on any atom is -0.378 e. The zero-order valence-electron chi connectivity index (χ0n) is 12.5. The highest BCUT2D eigenvalue weighted by molar-refractivity contribution is 5.22. The molecule has 3 atom stereocenters. The molecule has 1 fully saturated rings. The van der Waals surface area contributed by atoms with Crippen molar-refractivity contribution in [3.05, 3.63) is 35.4 Å². The van der Waals surface area contributed by atoms with Gasteiger partial charge in [0.05, 0.1) is 6.10 Å². The van der Waals surface area contributed by atoms with E-state index in [-0.39, 0.29) is 0 Å². The van der Waals surface area contributed by atoms with Crippen molar-refractivity contribution in [2.24, 2.45) is 5.92 Å². The minimum atomic E-state index is 0.439. The SMILES string of the molecule is CCNC(Cc1ccc(C)cc1)C1CCOC1CC. The van der Waals surface area contributed by atoms with Crippen molar-refractivity contribution in [3.63, 3.8) is 0 Å². The normalized spacial score (nSPS) is 24.6. The second-order valence-corrected chi connectivity index (χ2v) is 5.62. The number of aryl methyl sites for hydroxylation is 1. The van der Waals surface area contributed by atoms with Crippen molar-refractivity contribution in [1.29, 1.82) is 0 Å². The van der Waals surface area contributed by atoms with Crippen LogP contribution in [-0.2, 0) is 11.2 Å². The Balaban J connectivity index is 2.04. The Kier molecular flexibility index (Phi) is 5.41. The molecule has 0 aliphatic carbocycles. The van der Waals surface area contributed by atoms with Crippen molar-refractivity contribution in [2.45, 2.75) is 52.2 Å². The Morgan fingerprint density at radius 3 is 2.63 bits per heavy atom. The summed E-state index contributed by atoms with van der Waals surface area (Å²) < 4.78 is 5.86. The maximum atomic E-state index is 5.86. The van der Waals surface area contributed by atoms with Crippen LogP contribution in [0.1, 0.15) is 37.8 Å². The molecule has 0 saturated carbocycles. The lowest BCUT2D eigenvalue weighted by molar-refractivity contribution is 0.0776. The first-order valence-electron chi connectivity index (χ1n) is 7.65. The highest BCUT2D eigenvalue weighted by Crippen LogP contribution is 2.28. The monoisotopic (exact) mass is 261 g/mol. The summed E-state index contributed by atoms with van der Waals surface area (Å²) >= 11 is 0. The minimum absolute atomic E-state index is 0.439. The average Bonchev–Trinajstić information content (AvgIpc) is 2.89. The van der Waals surface area contributed by atoms with Crippen molar-refractivity contribution in [2.75, 3.05) is 13.2 Å². The van der Waals surface area contributed by atoms with E-state index in [1.54, 1.807) is 0 Å². The van der Waals surface area contributed by atoms with E-state index < -0.39 is 0 Å². The Morgan fingerprint density at radius 2 is 2.00 bits per heavy atom. The van der Waals surface area contributed by atoms with Crippen LogP contribution < -0.4 is 5.32 Å². The van der Waals surface area contributed by atoms with Crippen LogP contribution in [0.15, 0.2) is 24.3 Å². The first-order chi connectivity index (χ1) is 9.24. The van der Waals surface area contributed by atoms with Gasteiger partial charge in [0, 0.05) is 18.6 Å². The van der Waals surface area contributed by atoms with Gasteiger partial charge in [0.15, 0.2) is 0 Å². The molecule has 2 heteroatoms. The molecule has 1 aromatic carbocycles. The van der Waals surface area contributed by atoms with E-state index in [1.165, 1.54) is 17.5 Å². The molecule has 1 aromatic rings. The van der Waals surface area contributed by atoms with E-state index >= 15 is 0 Å². The first kappa shape index (κ1) is 14.5. The molecule has 1 heterocycles. The maximum absolute atomic E-state index is 5.86. The number of likely N-dealkylation sites (N-methyl/N-ethyl adjacent to an activating group) is 1. The lowest BCUT2D eigenvalue weighted by Gasteiger charge is -2.28. The fraction of sp³-hybridized carbons (Fsp3) is 0.647. The number of benzene rings is 1. The third kappa shape index (κ3) is 3.80. The maximum Gasteiger partial charge on any atom is 0.0616 e. The first-order valence-corrected chi connectivity index (χ1v) is 7.65. The second kappa shape index (κ2) is 7.06. The van der Waals surface area contributed by atoms with Crippen LogP contribution in [0.5, 0.6) is 0 Å². The predicted octanol–water partition coefficient (Wildman–Crippen LogP) is 3.33. The average molecular weight is 261 g/mol. The third-order valence-electron chi connectivity index (χ3n) is 4.22. The fourth-order valence-electron chi connectivity index (χ4n) is 3.16. The molecule has 0 aromatic heterocycles. The van der Waals surface area contributed by atoms with E-state index in [1.807, 2.05) is 0 Å². The fourth-order valence-corrected chi connectivity index (χ4v) is 3.16. The molecule has 1 aliphatic rings. The van der Waals surface area contributed by atoms with Crippen LogP contribution >= 0.6 is 0 Å². The van der Waals surface area contributed by atoms with E-state index in [4.69, 9.17) is 4.74 Å². The zero-order valence-corrected chi connectivity index (χ0v) is 12.5. The quantitative estimate of drug-likeness (QED) is 0.848. The summed E-state index contributed by atoms with van der Waals surface area (Å²) in [4.78, 5) is 0. The molecule has 19 heavy (non-hydrogen) atoms. The Labute approximate surface area is 117 Å². The summed E-state index contributed by atoms with van der Waals surface area (Å²) in [6.45, 7) is 8.53. The van der Waals surface area contributed by atoms with Gasteiger partial charge in [-0.1, -0.05) is 43.7 Å². The molecule has 1 aliphatic heterocycles. The molecule has 106 valence electrons. The molecule has 2 nitrogen and oxygen atoms in total. The van der Waals surface area contributed by atoms with Crippen LogP contribution in [-0.4, -0.2) is 25.3 Å². The highest BCUT2D eigenvalue weighted by Gasteiger charge is 2.33. The van der Waals surface area contributed by atoms with E-state index in [9.17, 15) is 0 Å². The number of ether oxygens (including phenoxy) is 1. The number of hydrogen-bond donors (Lipinski definition) is 1.